The van der Waals surface area contributed by atoms with Crippen LogP contribution in [0.2, 0.25) is 0 Å². The Kier molecular flexibility index (Phi) is 7.69. The van der Waals surface area contributed by atoms with E-state index < -0.39 is 0 Å². The van der Waals surface area contributed by atoms with Gasteiger partial charge in [-0.2, -0.15) is 0 Å². The van der Waals surface area contributed by atoms with E-state index in [1.54, 1.807) is 13.2 Å². The minimum absolute atomic E-state index is 0.0867. The number of aliphatic imine (C=N–C) groups is 1. The molecule has 0 aromatic carbocycles. The lowest BCUT2D eigenvalue weighted by Gasteiger charge is -2.33. The van der Waals surface area contributed by atoms with Crippen LogP contribution in [0.4, 0.5) is 0 Å². The van der Waals surface area contributed by atoms with Crippen LogP contribution in [0.15, 0.2) is 23.3 Å². The van der Waals surface area contributed by atoms with E-state index in [4.69, 9.17) is 9.47 Å². The summed E-state index contributed by atoms with van der Waals surface area (Å²) >= 11 is 0. The minimum atomic E-state index is -0.113. The number of carbonyl (C=O) groups is 1. The van der Waals surface area contributed by atoms with Crippen molar-refractivity contribution < 1.29 is 14.3 Å². The van der Waals surface area contributed by atoms with Crippen molar-refractivity contribution in [1.82, 2.24) is 15.2 Å². The molecular weight excluding hydrogens is 332 g/mol. The Bertz CT molecular complexity index is 601. The summed E-state index contributed by atoms with van der Waals surface area (Å²) in [7, 11) is 1.76. The number of aromatic nitrogens is 1. The molecule has 1 aliphatic heterocycles. The molecule has 2 heterocycles. The lowest BCUT2D eigenvalue weighted by Crippen LogP contribution is -2.48. The van der Waals surface area contributed by atoms with Gasteiger partial charge in [0.15, 0.2) is 5.96 Å². The number of hydrogen-bond donors (Lipinski definition) is 1. The highest BCUT2D eigenvalue weighted by Gasteiger charge is 2.28. The number of nitrogens with zero attached hydrogens (tertiary/aromatic N) is 3. The number of guanidine groups is 1. The zero-order chi connectivity index (χ0) is 18.9. The fraction of sp³-hybridized carbons (Fsp3) is 0.632. The molecule has 1 unspecified atom stereocenters. The number of likely N-dealkylation sites (tertiary alicyclic amines) is 1. The Balaban J connectivity index is 1.89. The third-order valence-electron chi connectivity index (χ3n) is 4.16. The van der Waals surface area contributed by atoms with Gasteiger partial charge in [-0.1, -0.05) is 6.07 Å². The van der Waals surface area contributed by atoms with Crippen LogP contribution in [-0.4, -0.2) is 54.7 Å². The molecule has 0 amide bonds. The van der Waals surface area contributed by atoms with Crippen LogP contribution < -0.4 is 10.1 Å². The van der Waals surface area contributed by atoms with Crippen molar-refractivity contribution in [3.05, 3.63) is 23.9 Å². The molecule has 144 valence electrons. The second-order valence-electron chi connectivity index (χ2n) is 6.61. The van der Waals surface area contributed by atoms with E-state index >= 15 is 0 Å². The predicted molar refractivity (Wildman–Crippen MR) is 101 cm³/mol. The van der Waals surface area contributed by atoms with Crippen molar-refractivity contribution in [3.8, 4) is 5.88 Å². The average Bonchev–Trinajstić information content (AvgIpc) is 2.63. The molecule has 26 heavy (non-hydrogen) atoms. The van der Waals surface area contributed by atoms with Crippen molar-refractivity contribution >= 4 is 11.9 Å². The Morgan fingerprint density at radius 3 is 2.88 bits per heavy atom. The van der Waals surface area contributed by atoms with Crippen LogP contribution in [0, 0.1) is 5.92 Å². The molecule has 0 saturated carbocycles. The molecular formula is C19H30N4O3. The molecule has 0 spiro atoms. The van der Waals surface area contributed by atoms with E-state index in [9.17, 15) is 4.79 Å². The predicted octanol–water partition coefficient (Wildman–Crippen LogP) is 2.22. The third kappa shape index (κ3) is 5.89. The van der Waals surface area contributed by atoms with E-state index in [0.717, 1.165) is 30.9 Å². The van der Waals surface area contributed by atoms with E-state index in [1.165, 1.54) is 0 Å². The van der Waals surface area contributed by atoms with Gasteiger partial charge >= 0.3 is 5.97 Å². The molecule has 7 nitrogen and oxygen atoms in total. The van der Waals surface area contributed by atoms with Crippen LogP contribution in [0.5, 0.6) is 5.88 Å². The van der Waals surface area contributed by atoms with Gasteiger partial charge in [0.2, 0.25) is 5.88 Å². The van der Waals surface area contributed by atoms with Crippen molar-refractivity contribution in [2.75, 3.05) is 26.7 Å². The summed E-state index contributed by atoms with van der Waals surface area (Å²) in [6, 6.07) is 3.86. The van der Waals surface area contributed by atoms with Crippen LogP contribution in [0.1, 0.15) is 39.2 Å². The minimum Gasteiger partial charge on any atom is -0.475 e. The molecule has 0 bridgehead atoms. The summed E-state index contributed by atoms with van der Waals surface area (Å²) in [6.45, 7) is 8.35. The monoisotopic (exact) mass is 362 g/mol. The molecule has 2 rings (SSSR count). The Labute approximate surface area is 155 Å². The topological polar surface area (TPSA) is 76.0 Å². The maximum Gasteiger partial charge on any atom is 0.310 e. The second-order valence-corrected chi connectivity index (χ2v) is 6.61. The average molecular weight is 362 g/mol. The SMILES string of the molecule is CCOC(=O)C1CCCN(C(=NC)NCc2ccc(OC(C)C)nc2)C1. The number of hydrogen-bond acceptors (Lipinski definition) is 5. The zero-order valence-electron chi connectivity index (χ0n) is 16.2. The highest BCUT2D eigenvalue weighted by atomic mass is 16.5. The lowest BCUT2D eigenvalue weighted by atomic mass is 9.98. The Morgan fingerprint density at radius 2 is 2.27 bits per heavy atom. The number of ether oxygens (including phenoxy) is 2. The van der Waals surface area contributed by atoms with Gasteiger partial charge in [-0.25, -0.2) is 4.98 Å². The van der Waals surface area contributed by atoms with Crippen molar-refractivity contribution in [1.29, 1.82) is 0 Å². The van der Waals surface area contributed by atoms with Crippen molar-refractivity contribution in [2.24, 2.45) is 10.9 Å². The maximum atomic E-state index is 12.0. The smallest absolute Gasteiger partial charge is 0.310 e. The maximum absolute atomic E-state index is 12.0. The van der Waals surface area contributed by atoms with Crippen molar-refractivity contribution in [2.45, 2.75) is 46.3 Å². The molecule has 1 aromatic rings. The molecule has 1 atom stereocenters. The summed E-state index contributed by atoms with van der Waals surface area (Å²) in [5, 5.41) is 3.35. The normalized spacial score (nSPS) is 18.0. The quantitative estimate of drug-likeness (QED) is 0.475. The van der Waals surface area contributed by atoms with Gasteiger partial charge in [-0.3, -0.25) is 9.79 Å². The molecule has 1 fully saturated rings. The fourth-order valence-electron chi connectivity index (χ4n) is 2.96. The number of carbonyl (C=O) groups excluding carboxylic acids is 1. The van der Waals surface area contributed by atoms with Crippen molar-refractivity contribution in [3.63, 3.8) is 0 Å². The standard InChI is InChI=1S/C19H30N4O3/c1-5-25-18(24)16-7-6-10-23(13-16)19(20-4)22-12-15-8-9-17(21-11-15)26-14(2)3/h8-9,11,14,16H,5-7,10,12-13H2,1-4H3,(H,20,22). The molecule has 7 heteroatoms. The summed E-state index contributed by atoms with van der Waals surface area (Å²) in [4.78, 5) is 22.8. The second kappa shape index (κ2) is 9.99. The van der Waals surface area contributed by atoms with E-state index in [2.05, 4.69) is 20.2 Å². The zero-order valence-corrected chi connectivity index (χ0v) is 16.2. The van der Waals surface area contributed by atoms with Gasteiger partial charge in [0.25, 0.3) is 0 Å². The first-order chi connectivity index (χ1) is 12.5. The third-order valence-corrected chi connectivity index (χ3v) is 4.16. The number of piperidine rings is 1. The molecule has 1 aliphatic rings. The van der Waals surface area contributed by atoms with Crippen LogP contribution in [-0.2, 0) is 16.1 Å². The van der Waals surface area contributed by atoms with Crippen LogP contribution >= 0.6 is 0 Å². The first kappa shape index (κ1) is 20.0. The van der Waals surface area contributed by atoms with E-state index in [-0.39, 0.29) is 18.0 Å². The van der Waals surface area contributed by atoms with Gasteiger partial charge in [0.1, 0.15) is 0 Å². The number of pyridine rings is 1. The lowest BCUT2D eigenvalue weighted by molar-refractivity contribution is -0.149. The molecule has 1 saturated heterocycles. The fourth-order valence-corrected chi connectivity index (χ4v) is 2.96. The molecule has 1 aromatic heterocycles. The largest absolute Gasteiger partial charge is 0.475 e. The number of nitrogens with one attached hydrogen (secondary N) is 1. The van der Waals surface area contributed by atoms with Gasteiger partial charge in [-0.15, -0.1) is 0 Å². The van der Waals surface area contributed by atoms with Crippen LogP contribution in [0.3, 0.4) is 0 Å². The van der Waals surface area contributed by atoms with E-state index in [1.807, 2.05) is 32.9 Å². The molecule has 0 aliphatic carbocycles. The number of rotatable bonds is 6. The Hall–Kier alpha value is -2.31. The Morgan fingerprint density at radius 1 is 1.46 bits per heavy atom. The summed E-state index contributed by atoms with van der Waals surface area (Å²) in [5.74, 6) is 1.22. The highest BCUT2D eigenvalue weighted by molar-refractivity contribution is 5.81. The van der Waals surface area contributed by atoms with Gasteiger partial charge in [0, 0.05) is 38.9 Å². The number of esters is 1. The van der Waals surface area contributed by atoms with Gasteiger partial charge < -0.3 is 19.7 Å². The first-order valence-corrected chi connectivity index (χ1v) is 9.27. The van der Waals surface area contributed by atoms with Gasteiger partial charge in [0.05, 0.1) is 18.6 Å². The van der Waals surface area contributed by atoms with E-state index in [0.29, 0.717) is 25.6 Å². The summed E-state index contributed by atoms with van der Waals surface area (Å²) in [5.41, 5.74) is 1.04. The molecule has 1 N–H and O–H groups in total. The molecule has 0 radical (unpaired) electrons. The summed E-state index contributed by atoms with van der Waals surface area (Å²) in [6.07, 6.45) is 3.73. The van der Waals surface area contributed by atoms with Crippen LogP contribution in [0.25, 0.3) is 0 Å². The highest BCUT2D eigenvalue weighted by Crippen LogP contribution is 2.18. The van der Waals surface area contributed by atoms with Gasteiger partial charge in [-0.05, 0) is 39.2 Å². The first-order valence-electron chi connectivity index (χ1n) is 9.27. The summed E-state index contributed by atoms with van der Waals surface area (Å²) < 4.78 is 10.7.